The van der Waals surface area contributed by atoms with Gasteiger partial charge in [-0.15, -0.1) is 0 Å². The molecule has 38 heavy (non-hydrogen) atoms. The van der Waals surface area contributed by atoms with E-state index in [0.717, 1.165) is 18.2 Å². The molecule has 1 aliphatic rings. The summed E-state index contributed by atoms with van der Waals surface area (Å²) in [4.78, 5) is 1.96. The lowest BCUT2D eigenvalue weighted by Gasteiger charge is -2.40. The zero-order chi connectivity index (χ0) is 27.4. The Morgan fingerprint density at radius 3 is 2.24 bits per heavy atom. The van der Waals surface area contributed by atoms with Crippen LogP contribution in [0.3, 0.4) is 0 Å². The van der Waals surface area contributed by atoms with Gasteiger partial charge in [0, 0.05) is 54.5 Å². The summed E-state index contributed by atoms with van der Waals surface area (Å²) in [6, 6.07) is 9.36. The van der Waals surface area contributed by atoms with E-state index in [-0.39, 0.29) is 35.3 Å². The van der Waals surface area contributed by atoms with E-state index in [1.165, 1.54) is 16.4 Å². The molecule has 1 saturated heterocycles. The molecule has 0 spiro atoms. The summed E-state index contributed by atoms with van der Waals surface area (Å²) in [5, 5.41) is 2.95. The summed E-state index contributed by atoms with van der Waals surface area (Å²) < 4.78 is 109. The van der Waals surface area contributed by atoms with Crippen LogP contribution in [-0.4, -0.2) is 41.2 Å². The standard InChI is InChI=1S/C24H22F6N4O2S2/c25-23-15-20(4-7-22(23)17-1-8-24-31-11-14-33(24)16-17)37(35,36)34-12-9-19(10-13-34)32-18-2-5-21(6-3-18)38(26,27,28,29)30/h1-8,11,14-16,19,32H,9-10,12-13H2. The Morgan fingerprint density at radius 1 is 0.921 bits per heavy atom. The second kappa shape index (κ2) is 8.38. The third-order valence-electron chi connectivity index (χ3n) is 6.40. The third kappa shape index (κ3) is 5.33. The fourth-order valence-electron chi connectivity index (χ4n) is 4.40. The molecule has 0 atom stereocenters. The first-order valence-electron chi connectivity index (χ1n) is 11.4. The first-order chi connectivity index (χ1) is 17.6. The predicted octanol–water partition coefficient (Wildman–Crippen LogP) is 7.06. The van der Waals surface area contributed by atoms with E-state index in [4.69, 9.17) is 0 Å². The zero-order valence-electron chi connectivity index (χ0n) is 19.6. The number of rotatable bonds is 6. The highest BCUT2D eigenvalue weighted by Crippen LogP contribution is 3.02. The van der Waals surface area contributed by atoms with Crippen molar-refractivity contribution in [2.75, 3.05) is 18.4 Å². The number of aromatic nitrogens is 2. The summed E-state index contributed by atoms with van der Waals surface area (Å²) in [7, 11) is -13.7. The van der Waals surface area contributed by atoms with Crippen molar-refractivity contribution in [3.05, 3.63) is 79.0 Å². The number of pyridine rings is 1. The molecule has 0 bridgehead atoms. The number of benzene rings is 2. The quantitative estimate of drug-likeness (QED) is 0.250. The molecule has 0 unspecified atom stereocenters. The van der Waals surface area contributed by atoms with E-state index in [1.807, 2.05) is 0 Å². The number of anilines is 1. The minimum absolute atomic E-state index is 0.0875. The van der Waals surface area contributed by atoms with E-state index in [2.05, 4.69) is 10.3 Å². The zero-order valence-corrected chi connectivity index (χ0v) is 21.2. The highest BCUT2D eigenvalue weighted by atomic mass is 32.5. The molecule has 0 aliphatic carbocycles. The lowest BCUT2D eigenvalue weighted by Crippen LogP contribution is -2.42. The molecule has 0 radical (unpaired) electrons. The van der Waals surface area contributed by atoms with Crippen molar-refractivity contribution in [2.45, 2.75) is 28.7 Å². The van der Waals surface area contributed by atoms with Crippen molar-refractivity contribution in [3.8, 4) is 11.1 Å². The van der Waals surface area contributed by atoms with Gasteiger partial charge in [-0.05, 0) is 61.4 Å². The second-order valence-corrected chi connectivity index (χ2v) is 13.4. The SMILES string of the molecule is O=S(=O)(c1ccc(-c2ccc3nccn3c2)c(F)c1)N1CCC(Nc2ccc(S(F)(F)(F)(F)F)cc2)CC1. The maximum absolute atomic E-state index is 15.0. The van der Waals surface area contributed by atoms with Gasteiger partial charge in [0.05, 0.1) is 4.90 Å². The van der Waals surface area contributed by atoms with Crippen LogP contribution in [0, 0.1) is 5.82 Å². The number of hydrogen-bond acceptors (Lipinski definition) is 4. The summed E-state index contributed by atoms with van der Waals surface area (Å²) >= 11 is 0. The van der Waals surface area contributed by atoms with Crippen LogP contribution in [0.25, 0.3) is 16.8 Å². The van der Waals surface area contributed by atoms with Crippen LogP contribution >= 0.6 is 10.2 Å². The lowest BCUT2D eigenvalue weighted by atomic mass is 10.1. The van der Waals surface area contributed by atoms with Gasteiger partial charge in [-0.2, -0.15) is 4.31 Å². The minimum Gasteiger partial charge on any atom is -0.382 e. The molecule has 4 aromatic rings. The number of sulfonamides is 1. The summed E-state index contributed by atoms with van der Waals surface area (Å²) in [6.45, 7) is 0.175. The van der Waals surface area contributed by atoms with Crippen molar-refractivity contribution in [2.24, 2.45) is 0 Å². The number of imidazole rings is 1. The van der Waals surface area contributed by atoms with Gasteiger partial charge in [-0.25, -0.2) is 17.8 Å². The van der Waals surface area contributed by atoms with Crippen LogP contribution in [0.1, 0.15) is 12.8 Å². The predicted molar refractivity (Wildman–Crippen MR) is 134 cm³/mol. The molecule has 1 aliphatic heterocycles. The molecular weight excluding hydrogens is 554 g/mol. The van der Waals surface area contributed by atoms with Crippen molar-refractivity contribution >= 4 is 31.6 Å². The van der Waals surface area contributed by atoms with E-state index in [9.17, 15) is 32.2 Å². The first-order valence-corrected chi connectivity index (χ1v) is 14.8. The molecule has 3 heterocycles. The molecule has 0 saturated carbocycles. The average molecular weight is 577 g/mol. The normalized spacial score (nSPS) is 17.7. The fraction of sp³-hybridized carbons (Fsp3) is 0.208. The second-order valence-electron chi connectivity index (χ2n) is 9.07. The topological polar surface area (TPSA) is 66.7 Å². The molecule has 0 amide bonds. The van der Waals surface area contributed by atoms with E-state index in [1.54, 1.807) is 35.1 Å². The van der Waals surface area contributed by atoms with Gasteiger partial charge in [0.2, 0.25) is 10.0 Å². The van der Waals surface area contributed by atoms with E-state index in [0.29, 0.717) is 36.2 Å². The molecule has 2 aromatic carbocycles. The lowest BCUT2D eigenvalue weighted by molar-refractivity contribution is 0.329. The minimum atomic E-state index is -9.75. The molecule has 2 aromatic heterocycles. The Morgan fingerprint density at radius 2 is 1.61 bits per heavy atom. The average Bonchev–Trinajstić information content (AvgIpc) is 3.31. The molecule has 14 heteroatoms. The monoisotopic (exact) mass is 576 g/mol. The number of hydrogen-bond donors (Lipinski definition) is 1. The Kier molecular flexibility index (Phi) is 5.82. The van der Waals surface area contributed by atoms with Crippen LogP contribution < -0.4 is 5.32 Å². The Balaban J connectivity index is 1.25. The van der Waals surface area contributed by atoms with Crippen LogP contribution in [0.5, 0.6) is 0 Å². The number of nitrogens with one attached hydrogen (secondary N) is 1. The van der Waals surface area contributed by atoms with E-state index < -0.39 is 31.0 Å². The van der Waals surface area contributed by atoms with Gasteiger partial charge in [-0.1, -0.05) is 25.5 Å². The van der Waals surface area contributed by atoms with Crippen LogP contribution in [-0.2, 0) is 10.0 Å². The number of fused-ring (bicyclic) bond motifs is 1. The van der Waals surface area contributed by atoms with Gasteiger partial charge < -0.3 is 9.72 Å². The number of halogens is 6. The third-order valence-corrected chi connectivity index (χ3v) is 9.46. The largest absolute Gasteiger partial charge is 0.382 e. The molecule has 5 rings (SSSR count). The fourth-order valence-corrected chi connectivity index (χ4v) is 6.54. The number of nitrogens with zero attached hydrogens (tertiary/aromatic N) is 3. The van der Waals surface area contributed by atoms with Crippen molar-refractivity contribution < 1.29 is 32.2 Å². The molecule has 204 valence electrons. The van der Waals surface area contributed by atoms with Crippen molar-refractivity contribution in [1.29, 1.82) is 0 Å². The molecule has 1 N–H and O–H groups in total. The van der Waals surface area contributed by atoms with Crippen LogP contribution in [0.15, 0.2) is 83.0 Å². The summed E-state index contributed by atoms with van der Waals surface area (Å²) in [6.07, 6.45) is 5.64. The van der Waals surface area contributed by atoms with Crippen LogP contribution in [0.2, 0.25) is 0 Å². The van der Waals surface area contributed by atoms with Gasteiger partial charge in [0.25, 0.3) is 0 Å². The molecule has 6 nitrogen and oxygen atoms in total. The molecular formula is C24H22F6N4O2S2. The Labute approximate surface area is 214 Å². The smallest absolute Gasteiger partial charge is 0.310 e. The number of piperidine rings is 1. The van der Waals surface area contributed by atoms with Gasteiger partial charge in [0.1, 0.15) is 16.4 Å². The Hall–Kier alpha value is -3.23. The summed E-state index contributed by atoms with van der Waals surface area (Å²) in [5.74, 6) is -0.697. The van der Waals surface area contributed by atoms with Gasteiger partial charge in [0.15, 0.2) is 0 Å². The maximum atomic E-state index is 15.0. The van der Waals surface area contributed by atoms with Gasteiger partial charge >= 0.3 is 10.2 Å². The highest BCUT2D eigenvalue weighted by molar-refractivity contribution is 8.45. The molecule has 1 fully saturated rings. The highest BCUT2D eigenvalue weighted by Gasteiger charge is 2.65. The summed E-state index contributed by atoms with van der Waals surface area (Å²) in [5.41, 5.74) is 1.69. The van der Waals surface area contributed by atoms with Crippen LogP contribution in [0.4, 0.5) is 29.5 Å². The van der Waals surface area contributed by atoms with Gasteiger partial charge in [-0.3, -0.25) is 0 Å². The Bertz CT molecular complexity index is 1620. The van der Waals surface area contributed by atoms with Crippen molar-refractivity contribution in [3.63, 3.8) is 0 Å². The van der Waals surface area contributed by atoms with Crippen molar-refractivity contribution in [1.82, 2.24) is 13.7 Å². The first kappa shape index (κ1) is 26.4. The maximum Gasteiger partial charge on any atom is 0.310 e. The van der Waals surface area contributed by atoms with E-state index >= 15 is 0 Å².